The number of aryl methyl sites for hydroxylation is 1. The summed E-state index contributed by atoms with van der Waals surface area (Å²) in [6, 6.07) is 6.93. The minimum absolute atomic E-state index is 0.0558. The van der Waals surface area contributed by atoms with Gasteiger partial charge in [0.25, 0.3) is 0 Å². The summed E-state index contributed by atoms with van der Waals surface area (Å²) in [5.41, 5.74) is 1.01. The van der Waals surface area contributed by atoms with Crippen molar-refractivity contribution < 1.29 is 18.3 Å². The summed E-state index contributed by atoms with van der Waals surface area (Å²) in [4.78, 5) is 11.5. The van der Waals surface area contributed by atoms with E-state index in [9.17, 15) is 18.3 Å². The molecule has 0 spiro atoms. The van der Waals surface area contributed by atoms with Crippen molar-refractivity contribution in [2.75, 3.05) is 5.32 Å². The van der Waals surface area contributed by atoms with Gasteiger partial charge in [0.05, 0.1) is 6.61 Å². The van der Waals surface area contributed by atoms with Crippen LogP contribution in [0.2, 0.25) is 5.28 Å². The summed E-state index contributed by atoms with van der Waals surface area (Å²) in [6.07, 6.45) is -2.09. The average molecular weight is 398 g/mol. The predicted molar refractivity (Wildman–Crippen MR) is 93.9 cm³/mol. The Bertz CT molecular complexity index is 941. The van der Waals surface area contributed by atoms with E-state index < -0.39 is 11.9 Å². The highest BCUT2D eigenvalue weighted by atomic mass is 35.5. The molecule has 0 amide bonds. The van der Waals surface area contributed by atoms with Gasteiger partial charge in [-0.25, -0.2) is 15.0 Å². The zero-order valence-corrected chi connectivity index (χ0v) is 14.9. The van der Waals surface area contributed by atoms with E-state index in [1.54, 1.807) is 24.3 Å². The average Bonchev–Trinajstić information content (AvgIpc) is 3.03. The number of anilines is 1. The highest BCUT2D eigenvalue weighted by molar-refractivity contribution is 6.28. The molecule has 6 nitrogen and oxygen atoms in total. The number of aliphatic hydroxyl groups is 1. The van der Waals surface area contributed by atoms with Crippen molar-refractivity contribution in [2.45, 2.75) is 19.3 Å². The number of alkyl halides is 3. The first-order valence-electron chi connectivity index (χ1n) is 7.84. The molecule has 1 aromatic carbocycles. The third kappa shape index (κ3) is 4.37. The quantitative estimate of drug-likeness (QED) is 0.643. The van der Waals surface area contributed by atoms with E-state index >= 15 is 0 Å². The highest BCUT2D eigenvalue weighted by Gasteiger charge is 2.34. The van der Waals surface area contributed by atoms with Crippen LogP contribution in [0.1, 0.15) is 16.8 Å². The number of nitrogens with zero attached hydrogens (tertiary/aromatic N) is 4. The van der Waals surface area contributed by atoms with Crippen LogP contribution in [0.5, 0.6) is 0 Å². The van der Waals surface area contributed by atoms with E-state index in [2.05, 4.69) is 20.3 Å². The lowest BCUT2D eigenvalue weighted by atomic mass is 10.1. The van der Waals surface area contributed by atoms with Crippen LogP contribution in [-0.4, -0.2) is 24.6 Å². The minimum Gasteiger partial charge on any atom is -0.391 e. The number of nitrogens with one attached hydrogen (secondary N) is 1. The first kappa shape index (κ1) is 19.1. The molecule has 3 rings (SSSR count). The Morgan fingerprint density at radius 3 is 2.48 bits per heavy atom. The lowest BCUT2D eigenvalue weighted by Gasteiger charge is -2.10. The molecule has 2 aromatic heterocycles. The summed E-state index contributed by atoms with van der Waals surface area (Å²) >= 11 is 5.76. The van der Waals surface area contributed by atoms with Crippen molar-refractivity contribution in [3.8, 4) is 11.4 Å². The van der Waals surface area contributed by atoms with Gasteiger partial charge in [0.15, 0.2) is 5.69 Å². The number of hydrogen-bond donors (Lipinski definition) is 2. The third-order valence-electron chi connectivity index (χ3n) is 3.84. The van der Waals surface area contributed by atoms with Crippen molar-refractivity contribution in [1.82, 2.24) is 19.5 Å². The molecule has 0 fully saturated rings. The van der Waals surface area contributed by atoms with E-state index in [0.29, 0.717) is 23.5 Å². The number of aliphatic hydroxyl groups excluding tert-OH is 1. The normalized spacial score (nSPS) is 11.6. The SMILES string of the molecule is Cn1cc(C(F)(F)F)nc1-c1ccc(CNc2nc(Cl)ncc2CO)cc1. The maximum Gasteiger partial charge on any atom is 0.434 e. The number of hydrogen-bond acceptors (Lipinski definition) is 5. The van der Waals surface area contributed by atoms with Gasteiger partial charge in [0, 0.05) is 37.1 Å². The second-order valence-electron chi connectivity index (χ2n) is 5.78. The number of imidazole rings is 1. The zero-order chi connectivity index (χ0) is 19.6. The molecule has 142 valence electrons. The standard InChI is InChI=1S/C17H15ClF3N5O/c1-26-8-13(17(19,20)21)24-15(26)11-4-2-10(3-5-11)6-22-14-12(9-27)7-23-16(18)25-14/h2-5,7-8,27H,6,9H2,1H3,(H,22,23,25). The molecule has 0 bridgehead atoms. The van der Waals surface area contributed by atoms with Crippen LogP contribution in [-0.2, 0) is 26.4 Å². The van der Waals surface area contributed by atoms with Crippen LogP contribution < -0.4 is 5.32 Å². The highest BCUT2D eigenvalue weighted by Crippen LogP contribution is 2.30. The summed E-state index contributed by atoms with van der Waals surface area (Å²) in [7, 11) is 1.52. The van der Waals surface area contributed by atoms with Gasteiger partial charge in [0.1, 0.15) is 11.6 Å². The smallest absolute Gasteiger partial charge is 0.391 e. The lowest BCUT2D eigenvalue weighted by Crippen LogP contribution is -2.06. The van der Waals surface area contributed by atoms with Crippen LogP contribution in [0.4, 0.5) is 19.0 Å². The van der Waals surface area contributed by atoms with Gasteiger partial charge in [-0.15, -0.1) is 0 Å². The minimum atomic E-state index is -4.48. The van der Waals surface area contributed by atoms with Gasteiger partial charge in [0.2, 0.25) is 5.28 Å². The Kier molecular flexibility index (Phi) is 5.33. The van der Waals surface area contributed by atoms with Gasteiger partial charge in [-0.1, -0.05) is 24.3 Å². The predicted octanol–water partition coefficient (Wildman–Crippen LogP) is 3.65. The van der Waals surface area contributed by atoms with E-state index in [1.807, 2.05) is 0 Å². The molecule has 0 atom stereocenters. The number of benzene rings is 1. The first-order chi connectivity index (χ1) is 12.8. The molecule has 10 heteroatoms. The Morgan fingerprint density at radius 1 is 1.19 bits per heavy atom. The third-order valence-corrected chi connectivity index (χ3v) is 4.03. The van der Waals surface area contributed by atoms with Crippen molar-refractivity contribution in [1.29, 1.82) is 0 Å². The summed E-state index contributed by atoms with van der Waals surface area (Å²) < 4.78 is 39.7. The second-order valence-corrected chi connectivity index (χ2v) is 6.12. The largest absolute Gasteiger partial charge is 0.434 e. The van der Waals surface area contributed by atoms with Gasteiger partial charge < -0.3 is 15.0 Å². The van der Waals surface area contributed by atoms with E-state index in [-0.39, 0.29) is 17.7 Å². The van der Waals surface area contributed by atoms with Gasteiger partial charge in [-0.05, 0) is 17.2 Å². The molecule has 2 heterocycles. The number of halogens is 4. The Balaban J connectivity index is 1.75. The lowest BCUT2D eigenvalue weighted by molar-refractivity contribution is -0.140. The van der Waals surface area contributed by atoms with E-state index in [4.69, 9.17) is 11.6 Å². The fraction of sp³-hybridized carbons (Fsp3) is 0.235. The Morgan fingerprint density at radius 2 is 1.89 bits per heavy atom. The topological polar surface area (TPSA) is 75.9 Å². The van der Waals surface area contributed by atoms with Crippen molar-refractivity contribution in [3.05, 3.63) is 58.8 Å². The van der Waals surface area contributed by atoms with Gasteiger partial charge in [-0.3, -0.25) is 0 Å². The van der Waals surface area contributed by atoms with Crippen LogP contribution in [0, 0.1) is 0 Å². The molecule has 0 aliphatic heterocycles. The molecule has 27 heavy (non-hydrogen) atoms. The Hall–Kier alpha value is -2.65. The van der Waals surface area contributed by atoms with Crippen LogP contribution in [0.25, 0.3) is 11.4 Å². The molecule has 0 unspecified atom stereocenters. The van der Waals surface area contributed by atoms with Crippen molar-refractivity contribution in [2.24, 2.45) is 7.05 Å². The van der Waals surface area contributed by atoms with Gasteiger partial charge >= 0.3 is 6.18 Å². The molecule has 0 saturated heterocycles. The molecule has 0 aliphatic carbocycles. The summed E-state index contributed by atoms with van der Waals surface area (Å²) in [5.74, 6) is 0.646. The number of aromatic nitrogens is 4. The van der Waals surface area contributed by atoms with Crippen molar-refractivity contribution in [3.63, 3.8) is 0 Å². The molecule has 3 aromatic rings. The maximum absolute atomic E-state index is 12.8. The van der Waals surface area contributed by atoms with Gasteiger partial charge in [-0.2, -0.15) is 13.2 Å². The zero-order valence-electron chi connectivity index (χ0n) is 14.1. The summed E-state index contributed by atoms with van der Waals surface area (Å²) in [5, 5.41) is 12.4. The molecule has 2 N–H and O–H groups in total. The monoisotopic (exact) mass is 397 g/mol. The van der Waals surface area contributed by atoms with E-state index in [1.165, 1.54) is 17.8 Å². The van der Waals surface area contributed by atoms with Crippen molar-refractivity contribution >= 4 is 17.4 Å². The maximum atomic E-state index is 12.8. The first-order valence-corrected chi connectivity index (χ1v) is 8.21. The van der Waals surface area contributed by atoms with Crippen LogP contribution >= 0.6 is 11.6 Å². The van der Waals surface area contributed by atoms with E-state index in [0.717, 1.165) is 11.8 Å². The fourth-order valence-electron chi connectivity index (χ4n) is 2.48. The van der Waals surface area contributed by atoms with Crippen LogP contribution in [0.15, 0.2) is 36.7 Å². The Labute approximate surface area is 157 Å². The molecule has 0 radical (unpaired) electrons. The molecular weight excluding hydrogens is 383 g/mol. The summed E-state index contributed by atoms with van der Waals surface area (Å²) in [6.45, 7) is 0.147. The molecule has 0 aliphatic rings. The fourth-order valence-corrected chi connectivity index (χ4v) is 2.62. The number of rotatable bonds is 5. The van der Waals surface area contributed by atoms with Crippen LogP contribution in [0.3, 0.4) is 0 Å². The second kappa shape index (κ2) is 7.53. The molecular formula is C17H15ClF3N5O. The molecule has 0 saturated carbocycles.